The number of carbonyl (C=O) groups is 2. The van der Waals surface area contributed by atoms with Crippen molar-refractivity contribution in [3.05, 3.63) is 35.5 Å². The van der Waals surface area contributed by atoms with Crippen molar-refractivity contribution in [1.29, 1.82) is 0 Å². The first kappa shape index (κ1) is 14.1. The lowest BCUT2D eigenvalue weighted by Gasteiger charge is -2.09. The van der Waals surface area contributed by atoms with E-state index in [1.54, 1.807) is 19.1 Å². The zero-order chi connectivity index (χ0) is 14.9. The Morgan fingerprint density at radius 3 is 2.65 bits per heavy atom. The lowest BCUT2D eigenvalue weighted by molar-refractivity contribution is -0.142. The van der Waals surface area contributed by atoms with Gasteiger partial charge in [-0.1, -0.05) is 18.2 Å². The fourth-order valence-corrected chi connectivity index (χ4v) is 2.39. The van der Waals surface area contributed by atoms with Gasteiger partial charge in [0.2, 0.25) is 0 Å². The van der Waals surface area contributed by atoms with Crippen molar-refractivity contribution in [3.63, 3.8) is 0 Å². The van der Waals surface area contributed by atoms with Crippen LogP contribution in [0.15, 0.2) is 24.3 Å². The fraction of sp³-hybridized carbons (Fsp3) is 0.286. The first-order chi connectivity index (χ1) is 9.47. The number of rotatable bonds is 3. The number of aromatic nitrogens is 1. The van der Waals surface area contributed by atoms with Gasteiger partial charge in [0.1, 0.15) is 6.04 Å². The largest absolute Gasteiger partial charge is 0.468 e. The topological polar surface area (TPSA) is 94.5 Å². The van der Waals surface area contributed by atoms with Crippen molar-refractivity contribution in [2.45, 2.75) is 19.4 Å². The summed E-state index contributed by atoms with van der Waals surface area (Å²) in [6, 6.07) is 6.32. The van der Waals surface area contributed by atoms with Gasteiger partial charge in [-0.05, 0) is 18.6 Å². The molecule has 2 aromatic rings. The third kappa shape index (κ3) is 2.25. The van der Waals surface area contributed by atoms with Gasteiger partial charge in [-0.2, -0.15) is 0 Å². The van der Waals surface area contributed by atoms with Crippen molar-refractivity contribution < 1.29 is 19.4 Å². The van der Waals surface area contributed by atoms with E-state index in [9.17, 15) is 14.7 Å². The molecule has 0 aliphatic rings. The Morgan fingerprint density at radius 1 is 1.40 bits per heavy atom. The molecule has 106 valence electrons. The smallest absolute Gasteiger partial charge is 0.416 e. The molecule has 1 aromatic carbocycles. The number of hydrogen-bond acceptors (Lipinski definition) is 4. The molecule has 0 saturated carbocycles. The van der Waals surface area contributed by atoms with Gasteiger partial charge in [0.15, 0.2) is 0 Å². The number of esters is 1. The number of fused-ring (bicyclic) bond motifs is 1. The van der Waals surface area contributed by atoms with Crippen LogP contribution in [0.2, 0.25) is 0 Å². The van der Waals surface area contributed by atoms with Crippen LogP contribution >= 0.6 is 0 Å². The van der Waals surface area contributed by atoms with Crippen molar-refractivity contribution in [1.82, 2.24) is 4.57 Å². The Balaban J connectivity index is 2.56. The number of benzene rings is 1. The van der Waals surface area contributed by atoms with Crippen molar-refractivity contribution >= 4 is 23.0 Å². The number of nitrogens with zero attached hydrogens (tertiary/aromatic N) is 1. The van der Waals surface area contributed by atoms with Crippen LogP contribution in [0.3, 0.4) is 0 Å². The van der Waals surface area contributed by atoms with Crippen LogP contribution in [0, 0.1) is 6.92 Å². The van der Waals surface area contributed by atoms with Crippen LogP contribution in [0.5, 0.6) is 0 Å². The quantitative estimate of drug-likeness (QED) is 0.829. The van der Waals surface area contributed by atoms with E-state index in [1.807, 2.05) is 12.1 Å². The lowest BCUT2D eigenvalue weighted by Crippen LogP contribution is -2.33. The van der Waals surface area contributed by atoms with Crippen LogP contribution in [0.1, 0.15) is 11.3 Å². The molecule has 1 aromatic heterocycles. The van der Waals surface area contributed by atoms with Crippen LogP contribution in [0.4, 0.5) is 4.79 Å². The van der Waals surface area contributed by atoms with Crippen molar-refractivity contribution in [2.24, 2.45) is 5.73 Å². The Hall–Kier alpha value is -2.34. The van der Waals surface area contributed by atoms with Crippen LogP contribution in [-0.2, 0) is 16.0 Å². The molecule has 6 heteroatoms. The Kier molecular flexibility index (Phi) is 3.76. The molecule has 0 bridgehead atoms. The predicted octanol–water partition coefficient (Wildman–Crippen LogP) is 1.52. The number of methoxy groups -OCH3 is 1. The molecule has 6 nitrogen and oxygen atoms in total. The molecule has 0 aliphatic carbocycles. The SMILES string of the molecule is COC(=O)[C@@H](N)Cc1c(C)n(C(=O)O)c2ccccc12. The van der Waals surface area contributed by atoms with Crippen molar-refractivity contribution in [2.75, 3.05) is 7.11 Å². The van der Waals surface area contributed by atoms with E-state index in [4.69, 9.17) is 5.73 Å². The summed E-state index contributed by atoms with van der Waals surface area (Å²) in [5, 5.41) is 10.1. The summed E-state index contributed by atoms with van der Waals surface area (Å²) >= 11 is 0. The molecule has 0 radical (unpaired) electrons. The van der Waals surface area contributed by atoms with E-state index in [1.165, 1.54) is 11.7 Å². The van der Waals surface area contributed by atoms with E-state index < -0.39 is 18.1 Å². The Labute approximate surface area is 115 Å². The summed E-state index contributed by atoms with van der Waals surface area (Å²) in [7, 11) is 1.27. The Bertz CT molecular complexity index is 675. The van der Waals surface area contributed by atoms with Gasteiger partial charge in [-0.3, -0.25) is 4.79 Å². The molecule has 2 rings (SSSR count). The van der Waals surface area contributed by atoms with E-state index in [0.29, 0.717) is 11.2 Å². The van der Waals surface area contributed by atoms with Gasteiger partial charge < -0.3 is 15.6 Å². The summed E-state index contributed by atoms with van der Waals surface area (Å²) in [5.74, 6) is -0.517. The molecular formula is C14H16N2O4. The minimum Gasteiger partial charge on any atom is -0.468 e. The fourth-order valence-electron chi connectivity index (χ4n) is 2.39. The number of ether oxygens (including phenoxy) is 1. The van der Waals surface area contributed by atoms with Gasteiger partial charge >= 0.3 is 12.1 Å². The highest BCUT2D eigenvalue weighted by Gasteiger charge is 2.22. The van der Waals surface area contributed by atoms with E-state index in [2.05, 4.69) is 4.74 Å². The summed E-state index contributed by atoms with van der Waals surface area (Å²) in [6.07, 6.45) is -0.823. The highest BCUT2D eigenvalue weighted by Crippen LogP contribution is 2.26. The molecule has 3 N–H and O–H groups in total. The van der Waals surface area contributed by atoms with Gasteiger partial charge in [0, 0.05) is 17.5 Å². The maximum Gasteiger partial charge on any atom is 0.416 e. The number of para-hydroxylation sites is 1. The molecule has 1 atom stereocenters. The van der Waals surface area contributed by atoms with Crippen LogP contribution < -0.4 is 5.73 Å². The molecule has 20 heavy (non-hydrogen) atoms. The summed E-state index contributed by atoms with van der Waals surface area (Å²) < 4.78 is 5.81. The van der Waals surface area contributed by atoms with Crippen molar-refractivity contribution in [3.8, 4) is 0 Å². The molecule has 0 saturated heterocycles. The van der Waals surface area contributed by atoms with E-state index in [0.717, 1.165) is 10.9 Å². The van der Waals surface area contributed by atoms with Gasteiger partial charge in [0.05, 0.1) is 12.6 Å². The van der Waals surface area contributed by atoms with Gasteiger partial charge in [-0.25, -0.2) is 9.36 Å². The highest BCUT2D eigenvalue weighted by atomic mass is 16.5. The van der Waals surface area contributed by atoms with E-state index in [-0.39, 0.29) is 6.42 Å². The normalized spacial score (nSPS) is 12.3. The molecule has 0 fully saturated rings. The third-order valence-electron chi connectivity index (χ3n) is 3.36. The second-order valence-electron chi connectivity index (χ2n) is 4.53. The molecule has 0 aliphatic heterocycles. The number of carbonyl (C=O) groups excluding carboxylic acids is 1. The minimum absolute atomic E-state index is 0.235. The zero-order valence-electron chi connectivity index (χ0n) is 11.3. The minimum atomic E-state index is -1.06. The van der Waals surface area contributed by atoms with E-state index >= 15 is 0 Å². The first-order valence-corrected chi connectivity index (χ1v) is 6.13. The number of hydrogen-bond donors (Lipinski definition) is 2. The van der Waals surface area contributed by atoms with Gasteiger partial charge in [0.25, 0.3) is 0 Å². The summed E-state index contributed by atoms with van der Waals surface area (Å²) in [6.45, 7) is 1.70. The molecule has 0 spiro atoms. The average molecular weight is 276 g/mol. The highest BCUT2D eigenvalue weighted by molar-refractivity contribution is 5.93. The summed E-state index contributed by atoms with van der Waals surface area (Å²) in [5.41, 5.74) is 7.68. The lowest BCUT2D eigenvalue weighted by atomic mass is 10.0. The Morgan fingerprint density at radius 2 is 2.05 bits per heavy atom. The van der Waals surface area contributed by atoms with Gasteiger partial charge in [-0.15, -0.1) is 0 Å². The number of nitrogens with two attached hydrogens (primary N) is 1. The molecular weight excluding hydrogens is 260 g/mol. The average Bonchev–Trinajstić information content (AvgIpc) is 2.70. The van der Waals surface area contributed by atoms with Crippen LogP contribution in [0.25, 0.3) is 10.9 Å². The second-order valence-corrected chi connectivity index (χ2v) is 4.53. The molecule has 0 amide bonds. The standard InChI is InChI=1S/C14H16N2O4/c1-8-10(7-11(15)13(17)20-2)9-5-3-4-6-12(9)16(8)14(18)19/h3-6,11H,7,15H2,1-2H3,(H,18,19)/t11-/m0/s1. The predicted molar refractivity (Wildman–Crippen MR) is 73.8 cm³/mol. The summed E-state index contributed by atoms with van der Waals surface area (Å²) in [4.78, 5) is 22.8. The molecule has 1 heterocycles. The maximum absolute atomic E-state index is 11.4. The zero-order valence-corrected chi connectivity index (χ0v) is 11.3. The number of carboxylic acid groups (broad SMARTS) is 1. The molecule has 0 unspecified atom stereocenters. The maximum atomic E-state index is 11.4. The monoisotopic (exact) mass is 276 g/mol. The first-order valence-electron chi connectivity index (χ1n) is 6.13. The third-order valence-corrected chi connectivity index (χ3v) is 3.36. The van der Waals surface area contributed by atoms with Crippen LogP contribution in [-0.4, -0.2) is 34.9 Å². The second kappa shape index (κ2) is 5.34.